The summed E-state index contributed by atoms with van der Waals surface area (Å²) in [4.78, 5) is 28.7. The monoisotopic (exact) mass is 385 g/mol. The summed E-state index contributed by atoms with van der Waals surface area (Å²) in [6.45, 7) is 0. The summed E-state index contributed by atoms with van der Waals surface area (Å²) in [6, 6.07) is 16.5. The lowest BCUT2D eigenvalue weighted by molar-refractivity contribution is 0.102. The van der Waals surface area contributed by atoms with Crippen molar-refractivity contribution in [2.75, 3.05) is 10.6 Å². The third kappa shape index (κ3) is 4.39. The van der Waals surface area contributed by atoms with Crippen molar-refractivity contribution in [1.29, 1.82) is 0 Å². The molecule has 0 spiro atoms. The van der Waals surface area contributed by atoms with Crippen molar-refractivity contribution in [1.82, 2.24) is 4.98 Å². The number of nitrogens with zero attached hydrogens (tertiary/aromatic N) is 1. The number of aromatic nitrogens is 1. The van der Waals surface area contributed by atoms with E-state index in [1.165, 1.54) is 18.3 Å². The van der Waals surface area contributed by atoms with E-state index in [1.54, 1.807) is 48.5 Å². The average Bonchev–Trinajstić information content (AvgIpc) is 2.65. The van der Waals surface area contributed by atoms with E-state index in [1.807, 2.05) is 0 Å². The second-order valence-electron chi connectivity index (χ2n) is 5.32. The van der Waals surface area contributed by atoms with Crippen LogP contribution in [-0.2, 0) is 0 Å². The van der Waals surface area contributed by atoms with Crippen LogP contribution < -0.4 is 10.6 Å². The number of carbonyl (C=O) groups is 2. The Hall–Kier alpha value is -2.89. The second kappa shape index (κ2) is 7.99. The number of hydrogen-bond acceptors (Lipinski definition) is 3. The predicted molar refractivity (Wildman–Crippen MR) is 103 cm³/mol. The molecule has 2 amide bonds. The van der Waals surface area contributed by atoms with Crippen LogP contribution in [0.5, 0.6) is 0 Å². The molecule has 5 nitrogen and oxygen atoms in total. The van der Waals surface area contributed by atoms with Gasteiger partial charge in [-0.25, -0.2) is 0 Å². The van der Waals surface area contributed by atoms with Crippen LogP contribution in [0.3, 0.4) is 0 Å². The maximum atomic E-state index is 12.4. The van der Waals surface area contributed by atoms with Gasteiger partial charge in [-0.15, -0.1) is 0 Å². The molecule has 0 aliphatic carbocycles. The quantitative estimate of drug-likeness (QED) is 0.671. The molecule has 0 aliphatic rings. The van der Waals surface area contributed by atoms with Gasteiger partial charge in [0, 0.05) is 22.5 Å². The van der Waals surface area contributed by atoms with Gasteiger partial charge in [0.2, 0.25) is 0 Å². The molecule has 0 unspecified atom stereocenters. The van der Waals surface area contributed by atoms with Crippen LogP contribution in [0.25, 0.3) is 0 Å². The molecule has 3 aromatic rings. The standard InChI is InChI=1S/C19H13Cl2N3O2/c20-13-5-7-14(8-6-13)23-19(26)17-11-12(9-10-22-17)18(25)24-16-4-2-1-3-15(16)21/h1-11H,(H,23,26)(H,24,25). The van der Waals surface area contributed by atoms with Crippen LogP contribution in [0.1, 0.15) is 20.8 Å². The number of benzene rings is 2. The highest BCUT2D eigenvalue weighted by Crippen LogP contribution is 2.21. The fourth-order valence-electron chi connectivity index (χ4n) is 2.18. The van der Waals surface area contributed by atoms with Crippen molar-refractivity contribution >= 4 is 46.4 Å². The van der Waals surface area contributed by atoms with Gasteiger partial charge in [-0.1, -0.05) is 35.3 Å². The van der Waals surface area contributed by atoms with E-state index in [2.05, 4.69) is 15.6 Å². The van der Waals surface area contributed by atoms with Crippen LogP contribution in [0.2, 0.25) is 10.0 Å². The van der Waals surface area contributed by atoms with Crippen LogP contribution in [-0.4, -0.2) is 16.8 Å². The van der Waals surface area contributed by atoms with Gasteiger partial charge in [-0.05, 0) is 48.5 Å². The molecule has 1 aromatic heterocycles. The van der Waals surface area contributed by atoms with E-state index < -0.39 is 5.91 Å². The van der Waals surface area contributed by atoms with Gasteiger partial charge in [-0.2, -0.15) is 0 Å². The molecule has 2 N–H and O–H groups in total. The molecule has 0 radical (unpaired) electrons. The molecular weight excluding hydrogens is 373 g/mol. The molecule has 26 heavy (non-hydrogen) atoms. The van der Waals surface area contributed by atoms with Gasteiger partial charge >= 0.3 is 0 Å². The summed E-state index contributed by atoms with van der Waals surface area (Å²) in [5.74, 6) is -0.819. The summed E-state index contributed by atoms with van der Waals surface area (Å²) in [7, 11) is 0. The van der Waals surface area contributed by atoms with Crippen molar-refractivity contribution in [2.45, 2.75) is 0 Å². The van der Waals surface area contributed by atoms with E-state index >= 15 is 0 Å². The van der Waals surface area contributed by atoms with Gasteiger partial charge in [0.15, 0.2) is 0 Å². The molecule has 0 aliphatic heterocycles. The Labute approximate surface area is 160 Å². The topological polar surface area (TPSA) is 71.1 Å². The molecule has 7 heteroatoms. The van der Waals surface area contributed by atoms with Crippen molar-refractivity contribution < 1.29 is 9.59 Å². The normalized spacial score (nSPS) is 10.2. The first-order chi connectivity index (χ1) is 12.5. The maximum absolute atomic E-state index is 12.4. The van der Waals surface area contributed by atoms with Crippen LogP contribution in [0, 0.1) is 0 Å². The van der Waals surface area contributed by atoms with Gasteiger partial charge in [-0.3, -0.25) is 14.6 Å². The van der Waals surface area contributed by atoms with Crippen LogP contribution >= 0.6 is 23.2 Å². The average molecular weight is 386 g/mol. The summed E-state index contributed by atoms with van der Waals surface area (Å²) in [5.41, 5.74) is 1.48. The third-order valence-electron chi connectivity index (χ3n) is 3.48. The first kappa shape index (κ1) is 17.9. The van der Waals surface area contributed by atoms with Crippen molar-refractivity contribution in [3.05, 3.63) is 88.2 Å². The first-order valence-corrected chi connectivity index (χ1v) is 8.37. The maximum Gasteiger partial charge on any atom is 0.274 e. The number of rotatable bonds is 4. The number of halogens is 2. The van der Waals surface area contributed by atoms with E-state index in [0.717, 1.165) is 0 Å². The molecule has 2 aromatic carbocycles. The smallest absolute Gasteiger partial charge is 0.274 e. The number of anilines is 2. The van der Waals surface area contributed by atoms with E-state index in [0.29, 0.717) is 27.0 Å². The Balaban J connectivity index is 1.75. The number of carbonyl (C=O) groups excluding carboxylic acids is 2. The van der Waals surface area contributed by atoms with E-state index in [9.17, 15) is 9.59 Å². The Bertz CT molecular complexity index is 959. The molecule has 3 rings (SSSR count). The van der Waals surface area contributed by atoms with Crippen molar-refractivity contribution in [2.24, 2.45) is 0 Å². The number of para-hydroxylation sites is 1. The Morgan fingerprint density at radius 3 is 2.31 bits per heavy atom. The lowest BCUT2D eigenvalue weighted by Gasteiger charge is -2.08. The molecule has 1 heterocycles. The Morgan fingerprint density at radius 1 is 0.846 bits per heavy atom. The van der Waals surface area contributed by atoms with Gasteiger partial charge in [0.05, 0.1) is 10.7 Å². The SMILES string of the molecule is O=C(Nc1ccccc1Cl)c1ccnc(C(=O)Nc2ccc(Cl)cc2)c1. The largest absolute Gasteiger partial charge is 0.321 e. The number of nitrogens with one attached hydrogen (secondary N) is 2. The third-order valence-corrected chi connectivity index (χ3v) is 4.06. The molecule has 130 valence electrons. The highest BCUT2D eigenvalue weighted by molar-refractivity contribution is 6.34. The summed E-state index contributed by atoms with van der Waals surface area (Å²) < 4.78 is 0. The van der Waals surface area contributed by atoms with Crippen LogP contribution in [0.15, 0.2) is 66.9 Å². The van der Waals surface area contributed by atoms with Gasteiger partial charge < -0.3 is 10.6 Å². The fourth-order valence-corrected chi connectivity index (χ4v) is 2.49. The number of amides is 2. The van der Waals surface area contributed by atoms with E-state index in [4.69, 9.17) is 23.2 Å². The minimum atomic E-state index is -0.431. The number of hydrogen-bond donors (Lipinski definition) is 2. The second-order valence-corrected chi connectivity index (χ2v) is 6.17. The zero-order valence-corrected chi connectivity index (χ0v) is 14.9. The fraction of sp³-hybridized carbons (Fsp3) is 0. The minimum absolute atomic E-state index is 0.117. The molecule has 0 saturated carbocycles. The van der Waals surface area contributed by atoms with Crippen molar-refractivity contribution in [3.8, 4) is 0 Å². The minimum Gasteiger partial charge on any atom is -0.321 e. The highest BCUT2D eigenvalue weighted by atomic mass is 35.5. The molecule has 0 fully saturated rings. The summed E-state index contributed by atoms with van der Waals surface area (Å²) >= 11 is 11.9. The lowest BCUT2D eigenvalue weighted by Crippen LogP contribution is -2.17. The first-order valence-electron chi connectivity index (χ1n) is 7.62. The van der Waals surface area contributed by atoms with Crippen LogP contribution in [0.4, 0.5) is 11.4 Å². The predicted octanol–water partition coefficient (Wildman–Crippen LogP) is 4.89. The molecule has 0 bridgehead atoms. The Morgan fingerprint density at radius 2 is 1.58 bits per heavy atom. The molecule has 0 saturated heterocycles. The van der Waals surface area contributed by atoms with Crippen molar-refractivity contribution in [3.63, 3.8) is 0 Å². The molecule has 0 atom stereocenters. The van der Waals surface area contributed by atoms with Gasteiger partial charge in [0.1, 0.15) is 5.69 Å². The van der Waals surface area contributed by atoms with E-state index in [-0.39, 0.29) is 11.6 Å². The lowest BCUT2D eigenvalue weighted by atomic mass is 10.2. The zero-order valence-electron chi connectivity index (χ0n) is 13.4. The summed E-state index contributed by atoms with van der Waals surface area (Å²) in [5, 5.41) is 6.40. The number of pyridine rings is 1. The zero-order chi connectivity index (χ0) is 18.5. The Kier molecular flexibility index (Phi) is 5.51. The summed E-state index contributed by atoms with van der Waals surface area (Å²) in [6.07, 6.45) is 1.40. The van der Waals surface area contributed by atoms with Gasteiger partial charge in [0.25, 0.3) is 11.8 Å². The highest BCUT2D eigenvalue weighted by Gasteiger charge is 2.13. The molecular formula is C19H13Cl2N3O2.